The zero-order valence-electron chi connectivity index (χ0n) is 22.1. The maximum Gasteiger partial charge on any atom is 0.222 e. The molecule has 0 bridgehead atoms. The van der Waals surface area contributed by atoms with Crippen LogP contribution < -0.4 is 14.2 Å². The van der Waals surface area contributed by atoms with E-state index >= 15 is 0 Å². The third-order valence-electron chi connectivity index (χ3n) is 7.27. The van der Waals surface area contributed by atoms with Crippen molar-refractivity contribution in [2.24, 2.45) is 0 Å². The SMILES string of the molecule is COc1ccc(CN2CC[C@H](O)[C@@](O)(COc3ccc(F)cc3)C2)cc1OCCCN1CCCCCC1=O. The third-order valence-corrected chi connectivity index (χ3v) is 7.27. The predicted octanol–water partition coefficient (Wildman–Crippen LogP) is 3.38. The number of carbonyl (C=O) groups excluding carboxylic acids is 1. The number of β-amino-alcohol motifs (C(OH)–C–C–N with tert-alkyl or cyclic N) is 1. The smallest absolute Gasteiger partial charge is 0.222 e. The summed E-state index contributed by atoms with van der Waals surface area (Å²) in [5.74, 6) is 1.57. The molecule has 1 amide bonds. The lowest BCUT2D eigenvalue weighted by molar-refractivity contribution is -0.140. The number of benzene rings is 2. The first-order valence-corrected chi connectivity index (χ1v) is 13.4. The number of likely N-dealkylation sites (tertiary alicyclic amines) is 2. The van der Waals surface area contributed by atoms with Crippen LogP contribution in [0.4, 0.5) is 4.39 Å². The molecule has 38 heavy (non-hydrogen) atoms. The molecule has 0 unspecified atom stereocenters. The summed E-state index contributed by atoms with van der Waals surface area (Å²) in [4.78, 5) is 16.2. The van der Waals surface area contributed by atoms with Gasteiger partial charge in [0.05, 0.1) is 19.8 Å². The summed E-state index contributed by atoms with van der Waals surface area (Å²) in [6.07, 6.45) is 4.00. The lowest BCUT2D eigenvalue weighted by atomic mass is 9.90. The average Bonchev–Trinajstić information content (AvgIpc) is 3.12. The standard InChI is InChI=1S/C29H39FN2O6/c1-36-25-12-7-22(18-26(25)37-17-5-15-32-14-4-2-3-6-28(32)34)19-31-16-13-27(33)29(35,20-31)21-38-24-10-8-23(30)9-11-24/h7-12,18,27,33,35H,2-6,13-17,19-21H2,1H3/t27-,29-/m0/s1. The molecule has 4 rings (SSSR count). The molecule has 208 valence electrons. The van der Waals surface area contributed by atoms with Gasteiger partial charge in [0.2, 0.25) is 5.91 Å². The van der Waals surface area contributed by atoms with Gasteiger partial charge < -0.3 is 29.3 Å². The number of ether oxygens (including phenoxy) is 3. The third kappa shape index (κ3) is 7.58. The Balaban J connectivity index is 1.31. The predicted molar refractivity (Wildman–Crippen MR) is 141 cm³/mol. The van der Waals surface area contributed by atoms with E-state index in [4.69, 9.17) is 14.2 Å². The summed E-state index contributed by atoms with van der Waals surface area (Å²) in [7, 11) is 1.60. The summed E-state index contributed by atoms with van der Waals surface area (Å²) < 4.78 is 30.4. The van der Waals surface area contributed by atoms with E-state index in [1.54, 1.807) is 7.11 Å². The van der Waals surface area contributed by atoms with E-state index in [-0.39, 0.29) is 24.9 Å². The monoisotopic (exact) mass is 530 g/mol. The minimum absolute atomic E-state index is 0.104. The first-order chi connectivity index (χ1) is 18.4. The molecule has 2 N–H and O–H groups in total. The van der Waals surface area contributed by atoms with Crippen LogP contribution in [0.5, 0.6) is 17.2 Å². The van der Waals surface area contributed by atoms with E-state index in [0.717, 1.165) is 37.8 Å². The summed E-state index contributed by atoms with van der Waals surface area (Å²) in [6, 6.07) is 11.3. The van der Waals surface area contributed by atoms with Crippen LogP contribution in [0.25, 0.3) is 0 Å². The minimum atomic E-state index is -1.46. The molecule has 2 aliphatic heterocycles. The molecule has 8 nitrogen and oxygen atoms in total. The van der Waals surface area contributed by atoms with E-state index in [9.17, 15) is 19.4 Å². The fraction of sp³-hybridized carbons (Fsp3) is 0.552. The Kier molecular flexibility index (Phi) is 9.82. The van der Waals surface area contributed by atoms with E-state index in [1.807, 2.05) is 23.1 Å². The summed E-state index contributed by atoms with van der Waals surface area (Å²) in [5.41, 5.74) is -0.467. The van der Waals surface area contributed by atoms with E-state index in [1.165, 1.54) is 24.3 Å². The molecule has 2 aromatic carbocycles. The average molecular weight is 531 g/mol. The van der Waals surface area contributed by atoms with E-state index in [0.29, 0.717) is 56.3 Å². The molecule has 0 radical (unpaired) electrons. The highest BCUT2D eigenvalue weighted by atomic mass is 19.1. The minimum Gasteiger partial charge on any atom is -0.493 e. The lowest BCUT2D eigenvalue weighted by Crippen LogP contribution is -2.59. The van der Waals surface area contributed by atoms with Gasteiger partial charge >= 0.3 is 0 Å². The highest BCUT2D eigenvalue weighted by Crippen LogP contribution is 2.30. The Morgan fingerprint density at radius 3 is 2.66 bits per heavy atom. The second-order valence-electron chi connectivity index (χ2n) is 10.2. The first kappa shape index (κ1) is 28.1. The highest BCUT2D eigenvalue weighted by molar-refractivity contribution is 5.76. The molecule has 0 aromatic heterocycles. The molecule has 0 spiro atoms. The second kappa shape index (κ2) is 13.3. The normalized spacial score (nSPS) is 22.7. The molecular formula is C29H39FN2O6. The lowest BCUT2D eigenvalue weighted by Gasteiger charge is -2.42. The van der Waals surface area contributed by atoms with Gasteiger partial charge in [-0.15, -0.1) is 0 Å². The number of piperidine rings is 1. The number of rotatable bonds is 11. The van der Waals surface area contributed by atoms with Crippen LogP contribution in [-0.4, -0.2) is 84.1 Å². The fourth-order valence-corrected chi connectivity index (χ4v) is 5.06. The van der Waals surface area contributed by atoms with Crippen LogP contribution in [0.1, 0.15) is 44.1 Å². The van der Waals surface area contributed by atoms with Crippen molar-refractivity contribution in [2.75, 3.05) is 46.5 Å². The van der Waals surface area contributed by atoms with E-state index in [2.05, 4.69) is 4.90 Å². The number of nitrogens with zero attached hydrogens (tertiary/aromatic N) is 2. The number of aliphatic hydroxyl groups is 2. The Bertz CT molecular complexity index is 1050. The number of halogens is 1. The van der Waals surface area contributed by atoms with Crippen molar-refractivity contribution in [3.05, 3.63) is 53.8 Å². The van der Waals surface area contributed by atoms with Crippen molar-refractivity contribution in [1.82, 2.24) is 9.80 Å². The van der Waals surface area contributed by atoms with Gasteiger partial charge in [0.1, 0.15) is 23.8 Å². The number of carbonyl (C=O) groups is 1. The van der Waals surface area contributed by atoms with Gasteiger partial charge in [-0.25, -0.2) is 4.39 Å². The summed E-state index contributed by atoms with van der Waals surface area (Å²) in [5, 5.41) is 21.7. The zero-order valence-corrected chi connectivity index (χ0v) is 22.1. The fourth-order valence-electron chi connectivity index (χ4n) is 5.06. The Hall–Kier alpha value is -2.88. The number of methoxy groups -OCH3 is 1. The van der Waals surface area contributed by atoms with Gasteiger partial charge in [0.15, 0.2) is 11.5 Å². The van der Waals surface area contributed by atoms with Crippen molar-refractivity contribution < 1.29 is 33.6 Å². The van der Waals surface area contributed by atoms with Crippen molar-refractivity contribution in [3.63, 3.8) is 0 Å². The quantitative estimate of drug-likeness (QED) is 0.431. The van der Waals surface area contributed by atoms with Crippen LogP contribution in [0, 0.1) is 5.82 Å². The first-order valence-electron chi connectivity index (χ1n) is 13.4. The Morgan fingerprint density at radius 2 is 1.87 bits per heavy atom. The van der Waals surface area contributed by atoms with Gasteiger partial charge in [-0.05, 0) is 67.6 Å². The maximum atomic E-state index is 13.2. The second-order valence-corrected chi connectivity index (χ2v) is 10.2. The molecule has 2 fully saturated rings. The number of hydrogen-bond acceptors (Lipinski definition) is 7. The van der Waals surface area contributed by atoms with Crippen molar-refractivity contribution in [1.29, 1.82) is 0 Å². The number of hydrogen-bond donors (Lipinski definition) is 2. The van der Waals surface area contributed by atoms with Gasteiger partial charge in [-0.2, -0.15) is 0 Å². The molecule has 0 aliphatic carbocycles. The molecule has 2 aromatic rings. The molecule has 0 saturated carbocycles. The molecule has 9 heteroatoms. The summed E-state index contributed by atoms with van der Waals surface area (Å²) in [6.45, 7) is 3.27. The van der Waals surface area contributed by atoms with Crippen LogP contribution in [0.3, 0.4) is 0 Å². The Morgan fingerprint density at radius 1 is 1.05 bits per heavy atom. The van der Waals surface area contributed by atoms with Crippen LogP contribution in [-0.2, 0) is 11.3 Å². The van der Waals surface area contributed by atoms with Gasteiger partial charge in [0.25, 0.3) is 0 Å². The van der Waals surface area contributed by atoms with E-state index < -0.39 is 11.7 Å². The molecule has 2 atom stereocenters. The van der Waals surface area contributed by atoms with Crippen molar-refractivity contribution in [2.45, 2.75) is 56.8 Å². The topological polar surface area (TPSA) is 91.7 Å². The van der Waals surface area contributed by atoms with Crippen molar-refractivity contribution in [3.8, 4) is 17.2 Å². The maximum absolute atomic E-state index is 13.2. The number of amides is 1. The van der Waals surface area contributed by atoms with Crippen molar-refractivity contribution >= 4 is 5.91 Å². The largest absolute Gasteiger partial charge is 0.493 e. The zero-order chi connectivity index (χ0) is 27.0. The Labute approximate surface area is 223 Å². The van der Waals surface area contributed by atoms with Crippen LogP contribution in [0.15, 0.2) is 42.5 Å². The van der Waals surface area contributed by atoms with Gasteiger partial charge in [-0.1, -0.05) is 12.5 Å². The molecule has 2 heterocycles. The summed E-state index contributed by atoms with van der Waals surface area (Å²) >= 11 is 0. The molecular weight excluding hydrogens is 491 g/mol. The molecule has 2 aliphatic rings. The van der Waals surface area contributed by atoms with Crippen LogP contribution >= 0.6 is 0 Å². The number of aliphatic hydroxyl groups excluding tert-OH is 1. The van der Waals surface area contributed by atoms with Gasteiger partial charge in [0, 0.05) is 39.1 Å². The molecule has 2 saturated heterocycles. The van der Waals surface area contributed by atoms with Gasteiger partial charge in [-0.3, -0.25) is 9.69 Å². The van der Waals surface area contributed by atoms with Crippen LogP contribution in [0.2, 0.25) is 0 Å². The highest BCUT2D eigenvalue weighted by Gasteiger charge is 2.42.